The number of carbonyl (C=O) groups excluding carboxylic acids is 5. The number of ether oxygens (including phenoxy) is 2. The molecule has 0 aromatic heterocycles. The predicted molar refractivity (Wildman–Crippen MR) is 156 cm³/mol. The lowest BCUT2D eigenvalue weighted by molar-refractivity contribution is -0.145. The van der Waals surface area contributed by atoms with Crippen molar-refractivity contribution < 1.29 is 37.8 Å². The molecule has 5 amide bonds. The van der Waals surface area contributed by atoms with Crippen molar-refractivity contribution in [3.8, 4) is 5.75 Å². The molecule has 6 atom stereocenters. The SMILES string of the molecule is CC(C)C(NC(=O)CC1CCOCC1)C(=O)N1C[C@H]2[C@@H]([C@H]1C(=O)NC(C[C@@H]1Oc3cc(F)ccc3NC1=O)C(N)=O)C2(C)C. The first kappa shape index (κ1) is 31.7. The fourth-order valence-corrected chi connectivity index (χ4v) is 6.94. The van der Waals surface area contributed by atoms with E-state index < -0.39 is 47.8 Å². The molecule has 5 N–H and O–H groups in total. The molecule has 2 saturated heterocycles. The Bertz CT molecular complexity index is 1330. The number of nitrogens with zero attached hydrogens (tertiary/aromatic N) is 1. The highest BCUT2D eigenvalue weighted by atomic mass is 19.1. The van der Waals surface area contributed by atoms with Crippen LogP contribution in [0.15, 0.2) is 18.2 Å². The van der Waals surface area contributed by atoms with E-state index in [9.17, 15) is 28.4 Å². The molecule has 44 heavy (non-hydrogen) atoms. The summed E-state index contributed by atoms with van der Waals surface area (Å²) in [7, 11) is 0. The van der Waals surface area contributed by atoms with Gasteiger partial charge in [0.1, 0.15) is 29.7 Å². The number of piperidine rings is 1. The number of fused-ring (bicyclic) bond motifs is 2. The lowest BCUT2D eigenvalue weighted by Gasteiger charge is -2.35. The van der Waals surface area contributed by atoms with Gasteiger partial charge in [0.25, 0.3) is 5.91 Å². The second kappa shape index (κ2) is 12.3. The van der Waals surface area contributed by atoms with Crippen LogP contribution in [-0.4, -0.2) is 78.4 Å². The Hall–Kier alpha value is -3.74. The van der Waals surface area contributed by atoms with Crippen LogP contribution in [0, 0.1) is 34.9 Å². The zero-order valence-corrected chi connectivity index (χ0v) is 25.6. The smallest absolute Gasteiger partial charge is 0.265 e. The Kier molecular flexibility index (Phi) is 8.88. The molecule has 240 valence electrons. The van der Waals surface area contributed by atoms with Crippen molar-refractivity contribution in [3.63, 3.8) is 0 Å². The van der Waals surface area contributed by atoms with Gasteiger partial charge in [-0.25, -0.2) is 4.39 Å². The molecule has 0 radical (unpaired) electrons. The Morgan fingerprint density at radius 2 is 1.86 bits per heavy atom. The van der Waals surface area contributed by atoms with E-state index in [0.29, 0.717) is 26.2 Å². The number of carbonyl (C=O) groups is 5. The first-order valence-electron chi connectivity index (χ1n) is 15.3. The number of halogens is 1. The van der Waals surface area contributed by atoms with Gasteiger partial charge in [0.05, 0.1) is 5.69 Å². The number of rotatable bonds is 10. The van der Waals surface area contributed by atoms with Gasteiger partial charge >= 0.3 is 0 Å². The van der Waals surface area contributed by atoms with Crippen molar-refractivity contribution in [3.05, 3.63) is 24.0 Å². The van der Waals surface area contributed by atoms with E-state index in [0.717, 1.165) is 18.9 Å². The molecule has 5 rings (SSSR count). The molecule has 3 heterocycles. The maximum Gasteiger partial charge on any atom is 0.265 e. The van der Waals surface area contributed by atoms with Gasteiger partial charge in [-0.3, -0.25) is 24.0 Å². The summed E-state index contributed by atoms with van der Waals surface area (Å²) < 4.78 is 24.8. The van der Waals surface area contributed by atoms with Crippen molar-refractivity contribution in [2.45, 2.75) is 77.6 Å². The minimum absolute atomic E-state index is 0.0684. The van der Waals surface area contributed by atoms with Crippen LogP contribution in [-0.2, 0) is 28.7 Å². The van der Waals surface area contributed by atoms with E-state index in [2.05, 4.69) is 16.0 Å². The van der Waals surface area contributed by atoms with Gasteiger partial charge in [-0.2, -0.15) is 0 Å². The lowest BCUT2D eigenvalue weighted by Crippen LogP contribution is -2.59. The molecule has 13 heteroatoms. The number of anilines is 1. The maximum absolute atomic E-state index is 13.9. The van der Waals surface area contributed by atoms with Crippen molar-refractivity contribution in [1.82, 2.24) is 15.5 Å². The third-order valence-corrected chi connectivity index (χ3v) is 9.70. The summed E-state index contributed by atoms with van der Waals surface area (Å²) in [6, 6.07) is 0.636. The summed E-state index contributed by atoms with van der Waals surface area (Å²) in [6.07, 6.45) is 0.371. The zero-order valence-electron chi connectivity index (χ0n) is 25.6. The van der Waals surface area contributed by atoms with Crippen molar-refractivity contribution in [1.29, 1.82) is 0 Å². The normalized spacial score (nSPS) is 26.9. The summed E-state index contributed by atoms with van der Waals surface area (Å²) >= 11 is 0. The quantitative estimate of drug-likeness (QED) is 0.308. The number of hydrogen-bond donors (Lipinski definition) is 4. The fraction of sp³-hybridized carbons (Fsp3) is 0.645. The minimum Gasteiger partial charge on any atom is -0.478 e. The van der Waals surface area contributed by atoms with Gasteiger partial charge in [0.2, 0.25) is 23.6 Å². The topological polar surface area (TPSA) is 169 Å². The molecule has 3 aliphatic heterocycles. The van der Waals surface area contributed by atoms with Gasteiger partial charge in [0.15, 0.2) is 6.10 Å². The van der Waals surface area contributed by atoms with Crippen LogP contribution in [0.4, 0.5) is 10.1 Å². The van der Waals surface area contributed by atoms with Crippen molar-refractivity contribution in [2.24, 2.45) is 34.8 Å². The number of benzene rings is 1. The van der Waals surface area contributed by atoms with Crippen LogP contribution in [0.2, 0.25) is 0 Å². The number of nitrogens with one attached hydrogen (secondary N) is 3. The number of nitrogens with two attached hydrogens (primary N) is 1. The Morgan fingerprint density at radius 3 is 2.52 bits per heavy atom. The third kappa shape index (κ3) is 6.38. The number of hydrogen-bond acceptors (Lipinski definition) is 7. The summed E-state index contributed by atoms with van der Waals surface area (Å²) in [5.74, 6) is -3.19. The molecular formula is C31H42FN5O7. The number of likely N-dealkylation sites (tertiary alicyclic amines) is 1. The fourth-order valence-electron chi connectivity index (χ4n) is 6.94. The monoisotopic (exact) mass is 615 g/mol. The largest absolute Gasteiger partial charge is 0.478 e. The molecular weight excluding hydrogens is 573 g/mol. The average molecular weight is 616 g/mol. The maximum atomic E-state index is 13.9. The first-order valence-corrected chi connectivity index (χ1v) is 15.3. The second-order valence-corrected chi connectivity index (χ2v) is 13.4. The Balaban J connectivity index is 1.28. The molecule has 1 saturated carbocycles. The predicted octanol–water partition coefficient (Wildman–Crippen LogP) is 1.33. The Labute approximate surface area is 255 Å². The molecule has 1 aliphatic carbocycles. The van der Waals surface area contributed by atoms with E-state index in [1.807, 2.05) is 27.7 Å². The zero-order chi connectivity index (χ0) is 31.9. The van der Waals surface area contributed by atoms with Gasteiger partial charge in [0, 0.05) is 38.7 Å². The third-order valence-electron chi connectivity index (χ3n) is 9.70. The molecule has 4 aliphatic rings. The highest BCUT2D eigenvalue weighted by Crippen LogP contribution is 2.65. The summed E-state index contributed by atoms with van der Waals surface area (Å²) in [6.45, 7) is 9.31. The summed E-state index contributed by atoms with van der Waals surface area (Å²) in [5, 5.41) is 8.19. The standard InChI is InChI=1S/C31H42FN5O7/c1-15(2)25(36-23(38)11-16-7-9-43-10-8-16)30(42)37-14-18-24(31(18,3)4)26(37)29(41)35-20(27(33)39)13-22-28(40)34-19-6-5-17(32)12-21(19)44-22/h5-6,12,15-16,18,20,22,24-26H,7-11,13-14H2,1-4H3,(H2,33,39)(H,34,40)(H,35,41)(H,36,38)/t18-,20?,22-,24-,25?,26-/m0/s1. The first-order chi connectivity index (χ1) is 20.8. The highest BCUT2D eigenvalue weighted by Gasteiger charge is 2.69. The lowest BCUT2D eigenvalue weighted by atomic mass is 9.94. The summed E-state index contributed by atoms with van der Waals surface area (Å²) in [4.78, 5) is 67.4. The van der Waals surface area contributed by atoms with Crippen LogP contribution in [0.5, 0.6) is 5.75 Å². The molecule has 1 aromatic rings. The Morgan fingerprint density at radius 1 is 1.16 bits per heavy atom. The van der Waals surface area contributed by atoms with Crippen LogP contribution >= 0.6 is 0 Å². The van der Waals surface area contributed by atoms with E-state index in [1.54, 1.807) is 0 Å². The molecule has 3 fully saturated rings. The van der Waals surface area contributed by atoms with Crippen LogP contribution < -0.4 is 26.4 Å². The molecule has 12 nitrogen and oxygen atoms in total. The van der Waals surface area contributed by atoms with Crippen LogP contribution in [0.1, 0.15) is 53.4 Å². The molecule has 0 bridgehead atoms. The second-order valence-electron chi connectivity index (χ2n) is 13.4. The van der Waals surface area contributed by atoms with Gasteiger partial charge in [-0.1, -0.05) is 27.7 Å². The van der Waals surface area contributed by atoms with E-state index >= 15 is 0 Å². The van der Waals surface area contributed by atoms with E-state index in [1.165, 1.54) is 17.0 Å². The molecule has 0 spiro atoms. The van der Waals surface area contributed by atoms with Gasteiger partial charge in [-0.15, -0.1) is 0 Å². The number of primary amides is 1. The van der Waals surface area contributed by atoms with Crippen molar-refractivity contribution in [2.75, 3.05) is 25.1 Å². The number of amides is 5. The van der Waals surface area contributed by atoms with E-state index in [-0.39, 0.29) is 58.8 Å². The summed E-state index contributed by atoms with van der Waals surface area (Å²) in [5.41, 5.74) is 5.72. The minimum atomic E-state index is -1.30. The van der Waals surface area contributed by atoms with Crippen LogP contribution in [0.3, 0.4) is 0 Å². The van der Waals surface area contributed by atoms with E-state index in [4.69, 9.17) is 15.2 Å². The van der Waals surface area contributed by atoms with Crippen molar-refractivity contribution >= 4 is 35.2 Å². The average Bonchev–Trinajstić information content (AvgIpc) is 3.27. The van der Waals surface area contributed by atoms with Crippen LogP contribution in [0.25, 0.3) is 0 Å². The molecule has 2 unspecified atom stereocenters. The van der Waals surface area contributed by atoms with Gasteiger partial charge < -0.3 is 36.1 Å². The highest BCUT2D eigenvalue weighted by molar-refractivity contribution is 5.99. The molecule has 1 aromatic carbocycles. The van der Waals surface area contributed by atoms with Gasteiger partial charge in [-0.05, 0) is 54.1 Å².